The number of likely N-dealkylation sites (tertiary alicyclic amines) is 1. The Morgan fingerprint density at radius 2 is 1.69 bits per heavy atom. The molecule has 1 saturated heterocycles. The molecular formula is C20H22N2O3S. The first-order chi connectivity index (χ1) is 12.6. The fraction of sp³-hybridized carbons (Fsp3) is 0.300. The van der Waals surface area contributed by atoms with E-state index in [1.54, 1.807) is 6.07 Å². The lowest BCUT2D eigenvalue weighted by atomic mass is 10.0. The Bertz CT molecular complexity index is 759. The number of nitrogens with zero attached hydrogens (tertiary/aromatic N) is 1. The second kappa shape index (κ2) is 8.76. The maximum absolute atomic E-state index is 12.6. The molecule has 1 aliphatic rings. The zero-order chi connectivity index (χ0) is 18.4. The number of rotatable bonds is 5. The first-order valence-corrected chi connectivity index (χ1v) is 9.12. The number of para-hydroxylation sites is 1. The fourth-order valence-corrected chi connectivity index (χ4v) is 3.24. The largest absolute Gasteiger partial charge is 0.484 e. The van der Waals surface area contributed by atoms with Crippen LogP contribution in [0.3, 0.4) is 0 Å². The van der Waals surface area contributed by atoms with E-state index in [-0.39, 0.29) is 24.5 Å². The van der Waals surface area contributed by atoms with Gasteiger partial charge in [0, 0.05) is 24.0 Å². The molecule has 0 spiro atoms. The Balaban J connectivity index is 1.44. The smallest absolute Gasteiger partial charge is 0.258 e. The van der Waals surface area contributed by atoms with Gasteiger partial charge in [0.1, 0.15) is 5.75 Å². The fourth-order valence-electron chi connectivity index (χ4n) is 2.99. The maximum Gasteiger partial charge on any atom is 0.258 e. The lowest BCUT2D eigenvalue weighted by Gasteiger charge is -2.32. The highest BCUT2D eigenvalue weighted by molar-refractivity contribution is 7.80. The molecule has 2 amide bonds. The van der Waals surface area contributed by atoms with E-state index in [1.807, 2.05) is 53.4 Å². The number of carbonyl (C=O) groups is 2. The van der Waals surface area contributed by atoms with Crippen molar-refractivity contribution in [3.8, 4) is 5.75 Å². The molecule has 0 aromatic heterocycles. The van der Waals surface area contributed by atoms with Crippen molar-refractivity contribution < 1.29 is 14.3 Å². The predicted molar refractivity (Wildman–Crippen MR) is 103 cm³/mol. The second-order valence-corrected chi connectivity index (χ2v) is 6.73. The summed E-state index contributed by atoms with van der Waals surface area (Å²) in [4.78, 5) is 27.1. The molecule has 1 aliphatic heterocycles. The predicted octanol–water partition coefficient (Wildman–Crippen LogP) is 2.78. The van der Waals surface area contributed by atoms with Crippen molar-refractivity contribution in [3.05, 3.63) is 60.2 Å². The molecule has 0 atom stereocenters. The van der Waals surface area contributed by atoms with E-state index in [0.717, 1.165) is 12.8 Å². The molecule has 6 heteroatoms. The first-order valence-electron chi connectivity index (χ1n) is 8.68. The van der Waals surface area contributed by atoms with Crippen LogP contribution in [0.1, 0.15) is 23.2 Å². The zero-order valence-corrected chi connectivity index (χ0v) is 15.3. The normalized spacial score (nSPS) is 14.7. The van der Waals surface area contributed by atoms with Gasteiger partial charge in [0.15, 0.2) is 6.61 Å². The molecule has 2 aromatic carbocycles. The van der Waals surface area contributed by atoms with Gasteiger partial charge in [0.25, 0.3) is 11.8 Å². The molecule has 1 heterocycles. The number of hydrogen-bond acceptors (Lipinski definition) is 4. The van der Waals surface area contributed by atoms with Gasteiger partial charge in [-0.25, -0.2) is 0 Å². The third kappa shape index (κ3) is 4.79. The third-order valence-electron chi connectivity index (χ3n) is 4.39. The molecule has 1 N–H and O–H groups in total. The summed E-state index contributed by atoms with van der Waals surface area (Å²) in [7, 11) is 0. The summed E-state index contributed by atoms with van der Waals surface area (Å²) in [5, 5.41) is 2.98. The van der Waals surface area contributed by atoms with Crippen molar-refractivity contribution in [3.63, 3.8) is 0 Å². The number of amides is 2. The quantitative estimate of drug-likeness (QED) is 0.796. The molecule has 0 aliphatic carbocycles. The van der Waals surface area contributed by atoms with Crippen LogP contribution in [0, 0.1) is 0 Å². The number of nitrogens with one attached hydrogen (secondary N) is 1. The van der Waals surface area contributed by atoms with Gasteiger partial charge in [-0.05, 0) is 37.1 Å². The van der Waals surface area contributed by atoms with Gasteiger partial charge in [0.05, 0.1) is 5.56 Å². The zero-order valence-electron chi connectivity index (χ0n) is 14.4. The van der Waals surface area contributed by atoms with Crippen LogP contribution in [-0.4, -0.2) is 42.5 Å². The number of thiol groups is 1. The summed E-state index contributed by atoms with van der Waals surface area (Å²) < 4.78 is 5.45. The number of hydrogen-bond donors (Lipinski definition) is 2. The SMILES string of the molecule is O=C(COc1ccccc1)NC1CCN(C(=O)c2ccccc2S)CC1. The molecule has 26 heavy (non-hydrogen) atoms. The number of carbonyl (C=O) groups excluding carboxylic acids is 2. The van der Waals surface area contributed by atoms with Gasteiger partial charge >= 0.3 is 0 Å². The van der Waals surface area contributed by atoms with Gasteiger partial charge in [-0.1, -0.05) is 30.3 Å². The van der Waals surface area contributed by atoms with Crippen molar-refractivity contribution in [2.45, 2.75) is 23.8 Å². The van der Waals surface area contributed by atoms with Crippen LogP contribution in [0.15, 0.2) is 59.5 Å². The molecular weight excluding hydrogens is 348 g/mol. The first kappa shape index (κ1) is 18.3. The molecule has 136 valence electrons. The molecule has 5 nitrogen and oxygen atoms in total. The summed E-state index contributed by atoms with van der Waals surface area (Å²) in [5.41, 5.74) is 0.620. The minimum atomic E-state index is -0.140. The minimum absolute atomic E-state index is 0.00378. The van der Waals surface area contributed by atoms with Crippen molar-refractivity contribution in [2.24, 2.45) is 0 Å². The van der Waals surface area contributed by atoms with Crippen LogP contribution in [0.4, 0.5) is 0 Å². The lowest BCUT2D eigenvalue weighted by molar-refractivity contribution is -0.124. The van der Waals surface area contributed by atoms with E-state index in [1.165, 1.54) is 0 Å². The van der Waals surface area contributed by atoms with Crippen LogP contribution in [-0.2, 0) is 4.79 Å². The third-order valence-corrected chi connectivity index (χ3v) is 4.78. The molecule has 0 saturated carbocycles. The summed E-state index contributed by atoms with van der Waals surface area (Å²) in [5.74, 6) is 0.528. The van der Waals surface area contributed by atoms with Crippen LogP contribution >= 0.6 is 12.6 Å². The van der Waals surface area contributed by atoms with E-state index in [4.69, 9.17) is 4.74 Å². The van der Waals surface area contributed by atoms with E-state index in [9.17, 15) is 9.59 Å². The Morgan fingerprint density at radius 3 is 2.38 bits per heavy atom. The van der Waals surface area contributed by atoms with E-state index < -0.39 is 0 Å². The van der Waals surface area contributed by atoms with E-state index in [0.29, 0.717) is 29.3 Å². The molecule has 0 bridgehead atoms. The average Bonchev–Trinajstić information content (AvgIpc) is 2.68. The Hall–Kier alpha value is -2.47. The van der Waals surface area contributed by atoms with Crippen molar-refractivity contribution in [1.82, 2.24) is 10.2 Å². The highest BCUT2D eigenvalue weighted by atomic mass is 32.1. The summed E-state index contributed by atoms with van der Waals surface area (Å²) in [6.45, 7) is 1.23. The van der Waals surface area contributed by atoms with Crippen molar-refractivity contribution in [2.75, 3.05) is 19.7 Å². The minimum Gasteiger partial charge on any atom is -0.484 e. The highest BCUT2D eigenvalue weighted by Crippen LogP contribution is 2.19. The van der Waals surface area contributed by atoms with Gasteiger partial charge < -0.3 is 15.0 Å². The molecule has 0 unspecified atom stereocenters. The lowest BCUT2D eigenvalue weighted by Crippen LogP contribution is -2.47. The molecule has 2 aromatic rings. The Labute approximate surface area is 158 Å². The number of ether oxygens (including phenoxy) is 1. The molecule has 3 rings (SSSR count). The van der Waals surface area contributed by atoms with E-state index in [2.05, 4.69) is 17.9 Å². The topological polar surface area (TPSA) is 58.6 Å². The van der Waals surface area contributed by atoms with E-state index >= 15 is 0 Å². The Morgan fingerprint density at radius 1 is 1.04 bits per heavy atom. The van der Waals surface area contributed by atoms with Crippen LogP contribution in [0.5, 0.6) is 5.75 Å². The maximum atomic E-state index is 12.6. The number of benzene rings is 2. The van der Waals surface area contributed by atoms with Crippen LogP contribution in [0.25, 0.3) is 0 Å². The van der Waals surface area contributed by atoms with Gasteiger partial charge in [0.2, 0.25) is 0 Å². The van der Waals surface area contributed by atoms with Crippen molar-refractivity contribution in [1.29, 1.82) is 0 Å². The second-order valence-electron chi connectivity index (χ2n) is 6.25. The van der Waals surface area contributed by atoms with Crippen LogP contribution in [0.2, 0.25) is 0 Å². The van der Waals surface area contributed by atoms with Crippen molar-refractivity contribution >= 4 is 24.4 Å². The van der Waals surface area contributed by atoms with Gasteiger partial charge in [-0.15, -0.1) is 12.6 Å². The summed E-state index contributed by atoms with van der Waals surface area (Å²) >= 11 is 4.35. The number of piperidine rings is 1. The monoisotopic (exact) mass is 370 g/mol. The highest BCUT2D eigenvalue weighted by Gasteiger charge is 2.25. The molecule has 0 radical (unpaired) electrons. The summed E-state index contributed by atoms with van der Waals surface area (Å²) in [6.07, 6.45) is 1.47. The standard InChI is InChI=1S/C20H22N2O3S/c23-19(14-25-16-6-2-1-3-7-16)21-15-10-12-22(13-11-15)20(24)17-8-4-5-9-18(17)26/h1-9,15,26H,10-14H2,(H,21,23). The van der Waals surface area contributed by atoms with Gasteiger partial charge in [-0.3, -0.25) is 9.59 Å². The van der Waals surface area contributed by atoms with Gasteiger partial charge in [-0.2, -0.15) is 0 Å². The Kier molecular flexibility index (Phi) is 6.17. The summed E-state index contributed by atoms with van der Waals surface area (Å²) in [6, 6.07) is 16.6. The molecule has 1 fully saturated rings. The average molecular weight is 370 g/mol. The van der Waals surface area contributed by atoms with Crippen LogP contribution < -0.4 is 10.1 Å².